The quantitative estimate of drug-likeness (QED) is 0.846. The Balaban J connectivity index is 2.09. The standard InChI is InChI=1S/C17H27NOS/c1-13(2)19-17-7-5-4-6-15(17)16(18-3)12-14-8-10-20-11-9-14/h4-7,13-14,16,18H,8-12H2,1-3H3. The molecule has 1 aliphatic rings. The van der Waals surface area contributed by atoms with E-state index in [4.69, 9.17) is 4.74 Å². The van der Waals surface area contributed by atoms with Gasteiger partial charge in [-0.25, -0.2) is 0 Å². The molecule has 1 aliphatic heterocycles. The Morgan fingerprint density at radius 2 is 1.95 bits per heavy atom. The Bertz CT molecular complexity index is 402. The van der Waals surface area contributed by atoms with Crippen LogP contribution < -0.4 is 10.1 Å². The molecule has 1 saturated heterocycles. The lowest BCUT2D eigenvalue weighted by Gasteiger charge is -2.28. The van der Waals surface area contributed by atoms with E-state index in [2.05, 4.69) is 62.2 Å². The SMILES string of the molecule is CNC(CC1CCSCC1)c1ccccc1OC(C)C. The van der Waals surface area contributed by atoms with Crippen molar-refractivity contribution in [3.8, 4) is 5.75 Å². The number of ether oxygens (including phenoxy) is 1. The van der Waals surface area contributed by atoms with Gasteiger partial charge in [-0.3, -0.25) is 0 Å². The highest BCUT2D eigenvalue weighted by molar-refractivity contribution is 7.99. The van der Waals surface area contributed by atoms with Gasteiger partial charge in [0, 0.05) is 11.6 Å². The summed E-state index contributed by atoms with van der Waals surface area (Å²) in [6.07, 6.45) is 4.15. The molecule has 0 amide bonds. The minimum absolute atomic E-state index is 0.222. The zero-order valence-electron chi connectivity index (χ0n) is 12.9. The van der Waals surface area contributed by atoms with E-state index >= 15 is 0 Å². The highest BCUT2D eigenvalue weighted by Gasteiger charge is 2.21. The van der Waals surface area contributed by atoms with Gasteiger partial charge in [-0.05, 0) is 63.6 Å². The maximum Gasteiger partial charge on any atom is 0.124 e. The first-order valence-corrected chi connectivity index (χ1v) is 8.86. The van der Waals surface area contributed by atoms with Crippen LogP contribution in [0.1, 0.15) is 44.7 Å². The molecule has 1 atom stereocenters. The zero-order valence-corrected chi connectivity index (χ0v) is 13.7. The molecule has 2 rings (SSSR count). The third-order valence-electron chi connectivity index (χ3n) is 3.92. The number of para-hydroxylation sites is 1. The second kappa shape index (κ2) is 7.94. The fraction of sp³-hybridized carbons (Fsp3) is 0.647. The highest BCUT2D eigenvalue weighted by atomic mass is 32.2. The topological polar surface area (TPSA) is 21.3 Å². The van der Waals surface area contributed by atoms with Crippen molar-refractivity contribution in [2.45, 2.75) is 45.3 Å². The molecule has 112 valence electrons. The normalized spacial score (nSPS) is 18.2. The Morgan fingerprint density at radius 1 is 1.25 bits per heavy atom. The van der Waals surface area contributed by atoms with E-state index in [1.165, 1.54) is 36.3 Å². The van der Waals surface area contributed by atoms with Crippen LogP contribution in [0.4, 0.5) is 0 Å². The average Bonchev–Trinajstić information content (AvgIpc) is 2.46. The van der Waals surface area contributed by atoms with E-state index in [1.807, 2.05) is 0 Å². The summed E-state index contributed by atoms with van der Waals surface area (Å²) in [5, 5.41) is 3.49. The van der Waals surface area contributed by atoms with Gasteiger partial charge in [-0.2, -0.15) is 11.8 Å². The highest BCUT2D eigenvalue weighted by Crippen LogP contribution is 2.34. The Hall–Kier alpha value is -0.670. The van der Waals surface area contributed by atoms with Gasteiger partial charge in [0.2, 0.25) is 0 Å². The van der Waals surface area contributed by atoms with Crippen molar-refractivity contribution in [2.75, 3.05) is 18.6 Å². The number of hydrogen-bond acceptors (Lipinski definition) is 3. The third-order valence-corrected chi connectivity index (χ3v) is 4.96. The number of rotatable bonds is 6. The van der Waals surface area contributed by atoms with E-state index in [0.29, 0.717) is 6.04 Å². The van der Waals surface area contributed by atoms with Gasteiger partial charge in [-0.1, -0.05) is 18.2 Å². The summed E-state index contributed by atoms with van der Waals surface area (Å²) in [5.74, 6) is 4.53. The van der Waals surface area contributed by atoms with Crippen molar-refractivity contribution in [1.29, 1.82) is 0 Å². The molecule has 2 nitrogen and oxygen atoms in total. The zero-order chi connectivity index (χ0) is 14.4. The maximum atomic E-state index is 5.97. The van der Waals surface area contributed by atoms with E-state index in [-0.39, 0.29) is 6.10 Å². The van der Waals surface area contributed by atoms with Crippen molar-refractivity contribution in [3.63, 3.8) is 0 Å². The van der Waals surface area contributed by atoms with Crippen LogP contribution in [0.25, 0.3) is 0 Å². The van der Waals surface area contributed by atoms with Crippen LogP contribution >= 0.6 is 11.8 Å². The van der Waals surface area contributed by atoms with Gasteiger partial charge < -0.3 is 10.1 Å². The lowest BCUT2D eigenvalue weighted by Crippen LogP contribution is -2.23. The molecule has 1 unspecified atom stereocenters. The Labute approximate surface area is 127 Å². The molecule has 0 saturated carbocycles. The van der Waals surface area contributed by atoms with Crippen molar-refractivity contribution < 1.29 is 4.74 Å². The van der Waals surface area contributed by atoms with Crippen LogP contribution in [-0.4, -0.2) is 24.7 Å². The van der Waals surface area contributed by atoms with Crippen molar-refractivity contribution in [3.05, 3.63) is 29.8 Å². The van der Waals surface area contributed by atoms with Crippen molar-refractivity contribution in [2.24, 2.45) is 5.92 Å². The maximum absolute atomic E-state index is 5.97. The molecule has 1 aromatic carbocycles. The minimum Gasteiger partial charge on any atom is -0.491 e. The van der Waals surface area contributed by atoms with Gasteiger partial charge >= 0.3 is 0 Å². The van der Waals surface area contributed by atoms with E-state index < -0.39 is 0 Å². The molecule has 0 spiro atoms. The molecule has 20 heavy (non-hydrogen) atoms. The van der Waals surface area contributed by atoms with E-state index in [9.17, 15) is 0 Å². The smallest absolute Gasteiger partial charge is 0.124 e. The molecule has 1 aromatic rings. The molecular formula is C17H27NOS. The van der Waals surface area contributed by atoms with Crippen LogP contribution in [0.2, 0.25) is 0 Å². The molecule has 0 radical (unpaired) electrons. The largest absolute Gasteiger partial charge is 0.491 e. The number of benzene rings is 1. The summed E-state index contributed by atoms with van der Waals surface area (Å²) in [4.78, 5) is 0. The fourth-order valence-corrected chi connectivity index (χ4v) is 4.05. The first kappa shape index (κ1) is 15.7. The van der Waals surface area contributed by atoms with Gasteiger partial charge in [0.25, 0.3) is 0 Å². The van der Waals surface area contributed by atoms with E-state index in [0.717, 1.165) is 11.7 Å². The summed E-state index contributed by atoms with van der Waals surface area (Å²) in [7, 11) is 2.06. The second-order valence-corrected chi connectivity index (χ2v) is 7.06. The van der Waals surface area contributed by atoms with Crippen LogP contribution in [0.5, 0.6) is 5.75 Å². The first-order chi connectivity index (χ1) is 9.70. The summed E-state index contributed by atoms with van der Waals surface area (Å²) in [5.41, 5.74) is 1.31. The number of thioether (sulfide) groups is 1. The van der Waals surface area contributed by atoms with Crippen LogP contribution in [0.3, 0.4) is 0 Å². The number of nitrogens with one attached hydrogen (secondary N) is 1. The first-order valence-electron chi connectivity index (χ1n) is 7.71. The third kappa shape index (κ3) is 4.42. The minimum atomic E-state index is 0.222. The van der Waals surface area contributed by atoms with E-state index in [1.54, 1.807) is 0 Å². The van der Waals surface area contributed by atoms with Crippen LogP contribution in [0, 0.1) is 5.92 Å². The predicted molar refractivity (Wildman–Crippen MR) is 88.7 cm³/mol. The average molecular weight is 293 g/mol. The Morgan fingerprint density at radius 3 is 2.60 bits per heavy atom. The van der Waals surface area contributed by atoms with Gasteiger partial charge in [-0.15, -0.1) is 0 Å². The van der Waals surface area contributed by atoms with Crippen LogP contribution in [-0.2, 0) is 0 Å². The summed E-state index contributed by atoms with van der Waals surface area (Å²) >= 11 is 2.10. The molecule has 3 heteroatoms. The molecule has 0 bridgehead atoms. The lowest BCUT2D eigenvalue weighted by molar-refractivity contribution is 0.236. The molecule has 1 N–H and O–H groups in total. The molecule has 0 aliphatic carbocycles. The monoisotopic (exact) mass is 293 g/mol. The van der Waals surface area contributed by atoms with Gasteiger partial charge in [0.1, 0.15) is 5.75 Å². The van der Waals surface area contributed by atoms with Crippen LogP contribution in [0.15, 0.2) is 24.3 Å². The van der Waals surface area contributed by atoms with Crippen molar-refractivity contribution in [1.82, 2.24) is 5.32 Å². The molecular weight excluding hydrogens is 266 g/mol. The molecule has 1 fully saturated rings. The van der Waals surface area contributed by atoms with Gasteiger partial charge in [0.15, 0.2) is 0 Å². The Kier molecular flexibility index (Phi) is 6.24. The van der Waals surface area contributed by atoms with Gasteiger partial charge in [0.05, 0.1) is 6.10 Å². The number of hydrogen-bond donors (Lipinski definition) is 1. The summed E-state index contributed by atoms with van der Waals surface area (Å²) in [6, 6.07) is 8.87. The lowest BCUT2D eigenvalue weighted by atomic mass is 9.90. The fourth-order valence-electron chi connectivity index (χ4n) is 2.85. The molecule has 0 aromatic heterocycles. The van der Waals surface area contributed by atoms with Crippen molar-refractivity contribution >= 4 is 11.8 Å². The summed E-state index contributed by atoms with van der Waals surface area (Å²) < 4.78 is 5.97. The predicted octanol–water partition coefficient (Wildman–Crippen LogP) is 4.27. The molecule has 1 heterocycles. The summed E-state index contributed by atoms with van der Waals surface area (Å²) in [6.45, 7) is 4.17. The second-order valence-electron chi connectivity index (χ2n) is 5.84.